The number of hydrogen-bond acceptors (Lipinski definition) is 8. The van der Waals surface area contributed by atoms with Crippen molar-refractivity contribution in [3.63, 3.8) is 0 Å². The monoisotopic (exact) mass is 587 g/mol. The molecule has 1 N–H and O–H groups in total. The second-order valence-electron chi connectivity index (χ2n) is 11.1. The molecule has 4 aliphatic rings. The summed E-state index contributed by atoms with van der Waals surface area (Å²) in [6, 6.07) is 1.62. The average molecular weight is 588 g/mol. The first-order chi connectivity index (χ1) is 19.3. The van der Waals surface area contributed by atoms with Gasteiger partial charge in [-0.3, -0.25) is 4.98 Å². The molecule has 9 nitrogen and oxygen atoms in total. The number of nitrogens with zero attached hydrogens (tertiary/aromatic N) is 3. The van der Waals surface area contributed by atoms with E-state index >= 15 is 0 Å². The van der Waals surface area contributed by atoms with E-state index in [2.05, 4.69) is 15.1 Å². The minimum absolute atomic E-state index is 0.0575. The van der Waals surface area contributed by atoms with Gasteiger partial charge in [0.05, 0.1) is 41.7 Å². The van der Waals surface area contributed by atoms with Crippen LogP contribution in [0.2, 0.25) is 10.0 Å². The molecule has 7 rings (SSSR count). The largest absolute Gasteiger partial charge is 0.491 e. The predicted molar refractivity (Wildman–Crippen MR) is 147 cm³/mol. The van der Waals surface area contributed by atoms with E-state index in [1.165, 1.54) is 6.20 Å². The number of aromatic nitrogens is 3. The Morgan fingerprint density at radius 2 is 1.77 bits per heavy atom. The fourth-order valence-electron chi connectivity index (χ4n) is 6.02. The van der Waals surface area contributed by atoms with E-state index in [1.54, 1.807) is 25.4 Å². The van der Waals surface area contributed by atoms with Gasteiger partial charge in [0.15, 0.2) is 11.4 Å². The van der Waals surface area contributed by atoms with Crippen LogP contribution in [0.5, 0.6) is 11.5 Å². The fourth-order valence-corrected chi connectivity index (χ4v) is 6.56. The summed E-state index contributed by atoms with van der Waals surface area (Å²) in [4.78, 5) is 19.5. The molecule has 2 bridgehead atoms. The number of aromatic carboxylic acids is 1. The molecule has 4 aliphatic carbocycles. The molecule has 212 valence electrons. The van der Waals surface area contributed by atoms with Gasteiger partial charge in [0.25, 0.3) is 0 Å². The summed E-state index contributed by atoms with van der Waals surface area (Å²) in [6.45, 7) is 3.09. The third-order valence-corrected chi connectivity index (χ3v) is 9.16. The lowest BCUT2D eigenvalue weighted by Gasteiger charge is -2.52. The number of halogens is 2. The van der Waals surface area contributed by atoms with Crippen LogP contribution in [0.4, 0.5) is 0 Å². The second-order valence-corrected chi connectivity index (χ2v) is 12.0. The van der Waals surface area contributed by atoms with Crippen LogP contribution in [0.1, 0.15) is 86.0 Å². The summed E-state index contributed by atoms with van der Waals surface area (Å²) in [6.07, 6.45) is 12.5. The van der Waals surface area contributed by atoms with Crippen molar-refractivity contribution < 1.29 is 28.6 Å². The highest BCUT2D eigenvalue weighted by molar-refractivity contribution is 6.38. The number of hydrogen-bond donors (Lipinski definition) is 1. The third kappa shape index (κ3) is 5.27. The van der Waals surface area contributed by atoms with Gasteiger partial charge in [0.2, 0.25) is 0 Å². The van der Waals surface area contributed by atoms with Crippen LogP contribution in [-0.4, -0.2) is 45.0 Å². The first kappa shape index (κ1) is 27.3. The van der Waals surface area contributed by atoms with Crippen LogP contribution in [-0.2, 0) is 11.3 Å². The molecule has 4 saturated carbocycles. The molecule has 0 aromatic carbocycles. The fraction of sp³-hybridized carbons (Fsp3) is 0.517. The van der Waals surface area contributed by atoms with Crippen LogP contribution in [0.15, 0.2) is 29.2 Å². The van der Waals surface area contributed by atoms with Gasteiger partial charge < -0.3 is 23.8 Å². The summed E-state index contributed by atoms with van der Waals surface area (Å²) in [7, 11) is 0. The van der Waals surface area contributed by atoms with Crippen LogP contribution in [0.25, 0.3) is 11.3 Å². The number of carboxylic acids is 1. The molecular formula is C29H31Cl2N3O6. The van der Waals surface area contributed by atoms with Crippen molar-refractivity contribution in [1.82, 2.24) is 15.1 Å². The van der Waals surface area contributed by atoms with Crippen molar-refractivity contribution in [3.8, 4) is 22.8 Å². The maximum atomic E-state index is 11.4. The Bertz CT molecular complexity index is 1380. The highest BCUT2D eigenvalue weighted by Gasteiger charge is 2.50. The normalized spacial score (nSPS) is 23.8. The molecule has 11 heteroatoms. The van der Waals surface area contributed by atoms with Gasteiger partial charge in [-0.15, -0.1) is 0 Å². The van der Waals surface area contributed by atoms with Gasteiger partial charge in [-0.1, -0.05) is 28.4 Å². The Morgan fingerprint density at radius 3 is 2.40 bits per heavy atom. The molecule has 4 fully saturated rings. The Kier molecular flexibility index (Phi) is 7.39. The summed E-state index contributed by atoms with van der Waals surface area (Å²) >= 11 is 12.9. The summed E-state index contributed by atoms with van der Waals surface area (Å²) in [5, 5.41) is 14.6. The highest BCUT2D eigenvalue weighted by atomic mass is 35.5. The number of ether oxygens (including phenoxy) is 3. The average Bonchev–Trinajstić information content (AvgIpc) is 3.72. The standard InChI is InChI=1S/C29H31Cl2N3O6/c1-2-37-22-11-18(12-33-25(22)27(35)36)38-16-28-5-8-29(9-6-28,10-7-28)39-15-19-24(34-40-26(19)17-3-4-17)23-20(30)13-32-14-21(23)31/h11-14,17H,2-10,15-16H2,1H3,(H,35,36). The van der Waals surface area contributed by atoms with Crippen LogP contribution < -0.4 is 9.47 Å². The predicted octanol–water partition coefficient (Wildman–Crippen LogP) is 7.10. The molecule has 3 heterocycles. The summed E-state index contributed by atoms with van der Waals surface area (Å²) in [5.74, 6) is 0.847. The van der Waals surface area contributed by atoms with Gasteiger partial charge in [-0.25, -0.2) is 9.78 Å². The molecule has 3 aromatic rings. The zero-order valence-corrected chi connectivity index (χ0v) is 23.8. The maximum Gasteiger partial charge on any atom is 0.358 e. The molecule has 0 aliphatic heterocycles. The van der Waals surface area contributed by atoms with E-state index in [4.69, 9.17) is 41.9 Å². The molecule has 0 saturated heterocycles. The van der Waals surface area contributed by atoms with Crippen molar-refractivity contribution in [3.05, 3.63) is 51.7 Å². The zero-order chi connectivity index (χ0) is 27.9. The molecule has 0 atom stereocenters. The van der Waals surface area contributed by atoms with E-state index in [9.17, 15) is 9.90 Å². The SMILES string of the molecule is CCOc1cc(OCC23CCC(OCc4c(-c5c(Cl)cncc5Cl)noc4C4CC4)(CC2)CC3)cnc1C(=O)O. The number of pyridine rings is 2. The van der Waals surface area contributed by atoms with Gasteiger partial charge in [0.1, 0.15) is 17.2 Å². The minimum Gasteiger partial charge on any atom is -0.491 e. The van der Waals surface area contributed by atoms with E-state index in [0.29, 0.717) is 52.8 Å². The molecular weight excluding hydrogens is 557 g/mol. The van der Waals surface area contributed by atoms with Crippen molar-refractivity contribution >= 4 is 29.2 Å². The minimum atomic E-state index is -1.13. The number of carbonyl (C=O) groups is 1. The lowest BCUT2D eigenvalue weighted by molar-refractivity contribution is -0.150. The molecule has 0 radical (unpaired) electrons. The van der Waals surface area contributed by atoms with Gasteiger partial charge >= 0.3 is 5.97 Å². The molecule has 0 amide bonds. The quantitative estimate of drug-likeness (QED) is 0.250. The lowest BCUT2D eigenvalue weighted by Crippen LogP contribution is -2.49. The number of carboxylic acid groups (broad SMARTS) is 1. The van der Waals surface area contributed by atoms with Crippen molar-refractivity contribution in [2.24, 2.45) is 5.41 Å². The van der Waals surface area contributed by atoms with Crippen molar-refractivity contribution in [2.45, 2.75) is 76.4 Å². The molecule has 40 heavy (non-hydrogen) atoms. The number of rotatable bonds is 11. The third-order valence-electron chi connectivity index (χ3n) is 8.59. The van der Waals surface area contributed by atoms with Crippen LogP contribution in [0, 0.1) is 5.41 Å². The smallest absolute Gasteiger partial charge is 0.358 e. The molecule has 3 aromatic heterocycles. The van der Waals surface area contributed by atoms with E-state index in [1.807, 2.05) is 0 Å². The van der Waals surface area contributed by atoms with Gasteiger partial charge in [-0.05, 0) is 58.3 Å². The zero-order valence-electron chi connectivity index (χ0n) is 22.3. The Hall–Kier alpha value is -2.88. The van der Waals surface area contributed by atoms with E-state index in [0.717, 1.165) is 62.7 Å². The Labute approximate surface area is 242 Å². The van der Waals surface area contributed by atoms with Crippen LogP contribution in [0.3, 0.4) is 0 Å². The van der Waals surface area contributed by atoms with Crippen molar-refractivity contribution in [1.29, 1.82) is 0 Å². The van der Waals surface area contributed by atoms with Crippen LogP contribution >= 0.6 is 23.2 Å². The Morgan fingerprint density at radius 1 is 1.07 bits per heavy atom. The van der Waals surface area contributed by atoms with E-state index in [-0.39, 0.29) is 22.5 Å². The molecule has 0 spiro atoms. The first-order valence-electron chi connectivity index (χ1n) is 13.7. The highest BCUT2D eigenvalue weighted by Crippen LogP contribution is 2.55. The summed E-state index contributed by atoms with van der Waals surface area (Å²) < 4.78 is 24.1. The van der Waals surface area contributed by atoms with E-state index < -0.39 is 5.97 Å². The lowest BCUT2D eigenvalue weighted by atomic mass is 9.59. The first-order valence-corrected chi connectivity index (χ1v) is 14.5. The van der Waals surface area contributed by atoms with Gasteiger partial charge in [0, 0.05) is 40.9 Å². The second kappa shape index (κ2) is 10.8. The Balaban J connectivity index is 1.12. The maximum absolute atomic E-state index is 11.4. The van der Waals surface area contributed by atoms with Crippen molar-refractivity contribution in [2.75, 3.05) is 13.2 Å². The molecule has 0 unspecified atom stereocenters. The topological polar surface area (TPSA) is 117 Å². The summed E-state index contributed by atoms with van der Waals surface area (Å²) in [5.41, 5.74) is 1.95. The van der Waals surface area contributed by atoms with Gasteiger partial charge in [-0.2, -0.15) is 0 Å². The number of fused-ring (bicyclic) bond motifs is 3.